The van der Waals surface area contributed by atoms with Crippen molar-refractivity contribution >= 4 is 28.5 Å². The molecule has 11 nitrogen and oxygen atoms in total. The summed E-state index contributed by atoms with van der Waals surface area (Å²) >= 11 is 0. The average molecular weight is 545 g/mol. The first-order valence-electron chi connectivity index (χ1n) is 12.9. The van der Waals surface area contributed by atoms with E-state index < -0.39 is 17.0 Å². The number of urea groups is 1. The number of carbonyl (C=O) groups excluding carboxylic acids is 1. The van der Waals surface area contributed by atoms with Crippen molar-refractivity contribution in [2.75, 3.05) is 44.5 Å². The van der Waals surface area contributed by atoms with Gasteiger partial charge < -0.3 is 14.8 Å². The van der Waals surface area contributed by atoms with Gasteiger partial charge >= 0.3 is 6.03 Å². The molecule has 2 atom stereocenters. The van der Waals surface area contributed by atoms with Gasteiger partial charge in [-0.3, -0.25) is 10.2 Å². The third-order valence-corrected chi connectivity index (χ3v) is 9.65. The lowest BCUT2D eigenvalue weighted by Gasteiger charge is -2.44. The van der Waals surface area contributed by atoms with E-state index in [0.29, 0.717) is 55.6 Å². The lowest BCUT2D eigenvalue weighted by Crippen LogP contribution is -2.59. The molecule has 2 amide bonds. The van der Waals surface area contributed by atoms with Gasteiger partial charge in [0.15, 0.2) is 6.19 Å². The maximum Gasteiger partial charge on any atom is 0.362 e. The van der Waals surface area contributed by atoms with E-state index in [1.54, 1.807) is 11.8 Å². The molecule has 202 valence electrons. The zero-order valence-electron chi connectivity index (χ0n) is 21.4. The van der Waals surface area contributed by atoms with E-state index in [2.05, 4.69) is 20.6 Å². The van der Waals surface area contributed by atoms with Crippen LogP contribution < -0.4 is 15.4 Å². The van der Waals surface area contributed by atoms with Crippen LogP contribution in [0.1, 0.15) is 35.1 Å². The number of benzene rings is 1. The molecule has 1 saturated heterocycles. The monoisotopic (exact) mass is 544 g/mol. The van der Waals surface area contributed by atoms with Crippen molar-refractivity contribution in [1.82, 2.24) is 19.0 Å². The molecule has 4 aliphatic rings. The third-order valence-electron chi connectivity index (χ3n) is 8.14. The van der Waals surface area contributed by atoms with Gasteiger partial charge in [0.25, 0.3) is 10.8 Å². The zero-order valence-corrected chi connectivity index (χ0v) is 22.3. The summed E-state index contributed by atoms with van der Waals surface area (Å²) in [6, 6.07) is -0.498. The Balaban J connectivity index is 1.24. The molecule has 1 fully saturated rings. The van der Waals surface area contributed by atoms with E-state index in [1.807, 2.05) is 6.19 Å². The number of hydrogen-bond donors (Lipinski definition) is 2. The minimum atomic E-state index is -2.49. The molecule has 2 aromatic rings. The Hall–Kier alpha value is -3.21. The fraction of sp³-hybridized carbons (Fsp3) is 0.560. The normalized spacial score (nSPS) is 20.9. The predicted octanol–water partition coefficient (Wildman–Crippen LogP) is 2.12. The predicted molar refractivity (Wildman–Crippen MR) is 138 cm³/mol. The summed E-state index contributed by atoms with van der Waals surface area (Å²) in [4.78, 5) is 15.8. The van der Waals surface area contributed by atoms with Gasteiger partial charge in [-0.05, 0) is 60.8 Å². The smallest absolute Gasteiger partial charge is 0.362 e. The third kappa shape index (κ3) is 4.02. The van der Waals surface area contributed by atoms with Crippen LogP contribution in [0, 0.1) is 17.3 Å². The minimum Gasteiger partial charge on any atom is -0.472 e. The van der Waals surface area contributed by atoms with Crippen molar-refractivity contribution in [3.8, 4) is 12.1 Å². The van der Waals surface area contributed by atoms with Gasteiger partial charge in [-0.1, -0.05) is 4.21 Å². The highest BCUT2D eigenvalue weighted by molar-refractivity contribution is 7.83. The summed E-state index contributed by atoms with van der Waals surface area (Å²) < 4.78 is 42.9. The summed E-state index contributed by atoms with van der Waals surface area (Å²) in [6.07, 6.45) is 6.45. The number of likely N-dealkylation sites (tertiary alicyclic amines) is 1. The number of nitrogens with zero attached hydrogens (tertiary/aromatic N) is 5. The van der Waals surface area contributed by atoms with Crippen LogP contribution in [0.3, 0.4) is 0 Å². The van der Waals surface area contributed by atoms with E-state index >= 15 is 4.39 Å². The highest BCUT2D eigenvalue weighted by Gasteiger charge is 2.41. The van der Waals surface area contributed by atoms with Gasteiger partial charge in [-0.25, -0.2) is 13.9 Å². The Labute approximate surface area is 222 Å². The second kappa shape index (κ2) is 9.83. The number of thiol groups is 1. The van der Waals surface area contributed by atoms with E-state index in [1.165, 1.54) is 7.05 Å². The number of halogens is 1. The molecule has 2 aliphatic carbocycles. The van der Waals surface area contributed by atoms with Gasteiger partial charge in [0, 0.05) is 25.9 Å². The van der Waals surface area contributed by atoms with Gasteiger partial charge in [-0.2, -0.15) is 5.26 Å². The van der Waals surface area contributed by atoms with Crippen LogP contribution in [0.15, 0.2) is 4.90 Å². The van der Waals surface area contributed by atoms with Gasteiger partial charge in [0.1, 0.15) is 12.4 Å². The number of hydrogen-bond acceptors (Lipinski definition) is 8. The Bertz CT molecular complexity index is 1330. The molecule has 0 bridgehead atoms. The Kier molecular flexibility index (Phi) is 6.49. The number of carbonyl (C=O) groups is 1. The Morgan fingerprint density at radius 3 is 2.47 bits per heavy atom. The maximum atomic E-state index is 15.0. The number of nitrogens with one attached hydrogen (secondary N) is 2. The molecule has 2 aliphatic heterocycles. The van der Waals surface area contributed by atoms with E-state index in [9.17, 15) is 14.3 Å². The fourth-order valence-electron chi connectivity index (χ4n) is 6.04. The highest BCUT2D eigenvalue weighted by Crippen LogP contribution is 2.41. The molecule has 1 aromatic heterocycles. The number of rotatable bonds is 6. The van der Waals surface area contributed by atoms with Crippen molar-refractivity contribution in [3.63, 3.8) is 0 Å². The second-order valence-corrected chi connectivity index (χ2v) is 11.8. The van der Waals surface area contributed by atoms with Gasteiger partial charge in [0.05, 0.1) is 25.7 Å². The first kappa shape index (κ1) is 25.1. The highest BCUT2D eigenvalue weighted by atomic mass is 32.2. The van der Waals surface area contributed by atoms with Gasteiger partial charge in [0.2, 0.25) is 16.8 Å². The number of methoxy groups -OCH3 is 1. The minimum absolute atomic E-state index is 0.0677. The Morgan fingerprint density at radius 2 is 1.84 bits per heavy atom. The summed E-state index contributed by atoms with van der Waals surface area (Å²) in [7, 11) is 0.643. The first-order valence-corrected chi connectivity index (χ1v) is 14.1. The summed E-state index contributed by atoms with van der Waals surface area (Å²) in [6.45, 7) is 2.46. The van der Waals surface area contributed by atoms with Crippen LogP contribution in [0.5, 0.6) is 5.88 Å². The topological polar surface area (TPSA) is 125 Å². The first-order chi connectivity index (χ1) is 18.4. The molecule has 13 heteroatoms. The zero-order chi connectivity index (χ0) is 26.6. The van der Waals surface area contributed by atoms with Crippen molar-refractivity contribution < 1.29 is 22.9 Å². The summed E-state index contributed by atoms with van der Waals surface area (Å²) in [5, 5.41) is 19.2. The van der Waals surface area contributed by atoms with Crippen LogP contribution in [0.2, 0.25) is 0 Å². The Morgan fingerprint density at radius 1 is 1.18 bits per heavy atom. The number of ether oxygens (including phenoxy) is 2. The summed E-state index contributed by atoms with van der Waals surface area (Å²) in [5.74, 6) is 0.269. The van der Waals surface area contributed by atoms with Crippen molar-refractivity contribution in [2.45, 2.75) is 62.1 Å². The molecule has 6 rings (SSSR count). The molecule has 1 unspecified atom stereocenters. The molecule has 3 heterocycles. The lowest BCUT2D eigenvalue weighted by atomic mass is 9.98. The second-order valence-electron chi connectivity index (χ2n) is 10.2. The molecule has 0 spiro atoms. The SMILES string of the molecule is COC1CN([C@@H]2COc3c([SH+](=O)N(C)C(=O)Nc4c5c(c(F)c6c4CCC6)CCC5)c(NC#N)nn3C2)C1. The van der Waals surface area contributed by atoms with Gasteiger partial charge in [-0.15, -0.1) is 9.40 Å². The molecule has 2 N–H and O–H groups in total. The van der Waals surface area contributed by atoms with E-state index in [0.717, 1.165) is 41.4 Å². The number of amides is 2. The van der Waals surface area contributed by atoms with Crippen molar-refractivity contribution in [1.29, 1.82) is 5.26 Å². The average Bonchev–Trinajstić information content (AvgIpc) is 3.63. The lowest BCUT2D eigenvalue weighted by molar-refractivity contribution is -0.0687. The number of aromatic nitrogens is 2. The number of fused-ring (bicyclic) bond motifs is 3. The number of nitriles is 1. The molecule has 1 aromatic carbocycles. The van der Waals surface area contributed by atoms with Crippen LogP contribution >= 0.6 is 0 Å². The van der Waals surface area contributed by atoms with Crippen LogP contribution in [-0.2, 0) is 52.2 Å². The molecular formula is C25H31FN7O4S+. The number of anilines is 2. The van der Waals surface area contributed by atoms with Crippen LogP contribution in [-0.4, -0.2) is 71.0 Å². The van der Waals surface area contributed by atoms with E-state index in [4.69, 9.17) is 9.47 Å². The van der Waals surface area contributed by atoms with Crippen LogP contribution in [0.4, 0.5) is 20.7 Å². The summed E-state index contributed by atoms with van der Waals surface area (Å²) in [5.41, 5.74) is 3.77. The van der Waals surface area contributed by atoms with Crippen molar-refractivity contribution in [2.24, 2.45) is 0 Å². The molecule has 0 radical (unpaired) electrons. The van der Waals surface area contributed by atoms with Crippen molar-refractivity contribution in [3.05, 3.63) is 28.1 Å². The molecule has 38 heavy (non-hydrogen) atoms. The van der Waals surface area contributed by atoms with Crippen LogP contribution in [0.25, 0.3) is 0 Å². The van der Waals surface area contributed by atoms with E-state index in [-0.39, 0.29) is 34.6 Å². The largest absolute Gasteiger partial charge is 0.472 e. The molecule has 0 saturated carbocycles. The maximum absolute atomic E-state index is 15.0. The standard InChI is InChI=1S/C25H30FN7O4S/c1-31(25(34)29-21-18-7-3-5-16(18)20(26)17-6-4-8-19(17)21)38(35)22-23(28-13-27)30-33-9-14(12-37-24(22)33)32-10-15(11-32)36-2/h14-15H,3-12H2,1-2H3,(H,28,30)(H,29,34)/p+1/t14-,38?/m0/s1. The fourth-order valence-corrected chi connectivity index (χ4v) is 7.18. The molecular weight excluding hydrogens is 513 g/mol. The quantitative estimate of drug-likeness (QED) is 0.245.